The number of hydrogen-bond donors (Lipinski definition) is 3. The number of nitrogens with zero attached hydrogens (tertiary/aromatic N) is 4. The van der Waals surface area contributed by atoms with Gasteiger partial charge in [-0.3, -0.25) is 24.1 Å². The van der Waals surface area contributed by atoms with E-state index in [0.29, 0.717) is 26.2 Å². The lowest BCUT2D eigenvalue weighted by Crippen LogP contribution is -2.36. The van der Waals surface area contributed by atoms with E-state index in [9.17, 15) is 9.59 Å². The number of hydrogen-bond acceptors (Lipinski definition) is 8. The number of aryl methyl sites for hydroxylation is 1. The molecular weight excluding hydrogens is 606 g/mol. The molecule has 4 aromatic rings. The summed E-state index contributed by atoms with van der Waals surface area (Å²) < 4.78 is 13.3. The zero-order valence-corrected chi connectivity index (χ0v) is 26.8. The summed E-state index contributed by atoms with van der Waals surface area (Å²) in [6.07, 6.45) is 6.31. The number of imidazole rings is 1. The summed E-state index contributed by atoms with van der Waals surface area (Å²) in [5.41, 5.74) is 3.66. The van der Waals surface area contributed by atoms with Gasteiger partial charge in [0.05, 0.1) is 6.61 Å². The Morgan fingerprint density at radius 3 is 2.51 bits per heavy atom. The lowest BCUT2D eigenvalue weighted by atomic mass is 10.1. The summed E-state index contributed by atoms with van der Waals surface area (Å²) in [4.78, 5) is 54.4. The van der Waals surface area contributed by atoms with E-state index in [1.54, 1.807) is 7.11 Å². The first-order valence-electron chi connectivity index (χ1n) is 15.3. The normalized spacial score (nSPS) is 14.2. The number of methoxy groups -OCH3 is 1. The second-order valence-electron chi connectivity index (χ2n) is 10.9. The van der Waals surface area contributed by atoms with Crippen LogP contribution in [0.4, 0.5) is 0 Å². The fraction of sp³-hybridized carbons (Fsp3) is 0.382. The van der Waals surface area contributed by atoms with Gasteiger partial charge in [-0.05, 0) is 67.9 Å². The Morgan fingerprint density at radius 1 is 1.00 bits per heavy atom. The molecule has 2 aromatic heterocycles. The maximum Gasteiger partial charge on any atom is 0.290 e. The number of aromatic amines is 1. The smallest absolute Gasteiger partial charge is 0.290 e. The molecule has 2 bridgehead atoms. The van der Waals surface area contributed by atoms with Crippen molar-refractivity contribution in [2.45, 2.75) is 39.3 Å². The van der Waals surface area contributed by atoms with Crippen LogP contribution in [0.15, 0.2) is 65.7 Å². The molecule has 1 aliphatic rings. The minimum Gasteiger partial charge on any atom is -0.494 e. The van der Waals surface area contributed by atoms with E-state index in [-0.39, 0.29) is 31.0 Å². The molecule has 0 spiro atoms. The van der Waals surface area contributed by atoms with Gasteiger partial charge in [0.1, 0.15) is 18.2 Å². The van der Waals surface area contributed by atoms with Gasteiger partial charge in [0.15, 0.2) is 0 Å². The summed E-state index contributed by atoms with van der Waals surface area (Å²) in [6.45, 7) is 6.21. The maximum atomic E-state index is 13.1. The molecule has 0 atom stereocenters. The number of fused-ring (bicyclic) bond motifs is 5. The summed E-state index contributed by atoms with van der Waals surface area (Å²) >= 11 is 0. The van der Waals surface area contributed by atoms with Gasteiger partial charge >= 0.3 is 0 Å². The topological polar surface area (TPSA) is 167 Å². The van der Waals surface area contributed by atoms with Gasteiger partial charge in [-0.2, -0.15) is 0 Å². The van der Waals surface area contributed by atoms with Gasteiger partial charge in [0, 0.05) is 68.9 Å². The van der Waals surface area contributed by atoms with Gasteiger partial charge in [0.25, 0.3) is 18.5 Å². The van der Waals surface area contributed by atoms with Crippen LogP contribution < -0.4 is 10.3 Å². The maximum absolute atomic E-state index is 13.1. The number of carbonyl (C=O) groups is 3. The first kappa shape index (κ1) is 36.5. The quantitative estimate of drug-likeness (QED) is 0.278. The number of benzene rings is 2. The second-order valence-corrected chi connectivity index (χ2v) is 10.9. The second kappa shape index (κ2) is 19.5. The highest BCUT2D eigenvalue weighted by molar-refractivity contribution is 5.79. The lowest BCUT2D eigenvalue weighted by Gasteiger charge is -2.25. The highest BCUT2D eigenvalue weighted by atomic mass is 16.5. The van der Waals surface area contributed by atoms with E-state index in [2.05, 4.69) is 31.6 Å². The van der Waals surface area contributed by atoms with Crippen LogP contribution in [0.2, 0.25) is 0 Å². The van der Waals surface area contributed by atoms with E-state index in [1.807, 2.05) is 60.6 Å². The molecule has 0 radical (unpaired) electrons. The molecule has 0 fully saturated rings. The molecule has 0 aliphatic carbocycles. The molecule has 5 rings (SSSR count). The van der Waals surface area contributed by atoms with Crippen LogP contribution in [0.1, 0.15) is 30.4 Å². The molecule has 1 amide bonds. The molecule has 13 nitrogen and oxygen atoms in total. The third-order valence-corrected chi connectivity index (χ3v) is 7.55. The molecule has 0 saturated heterocycles. The van der Waals surface area contributed by atoms with Crippen molar-refractivity contribution >= 4 is 29.8 Å². The van der Waals surface area contributed by atoms with Crippen LogP contribution in [0, 0.1) is 6.92 Å². The van der Waals surface area contributed by atoms with E-state index in [4.69, 9.17) is 29.3 Å². The van der Waals surface area contributed by atoms with E-state index < -0.39 is 0 Å². The minimum absolute atomic E-state index is 0.00683. The molecule has 0 saturated carbocycles. The van der Waals surface area contributed by atoms with Gasteiger partial charge in [-0.25, -0.2) is 4.98 Å². The van der Waals surface area contributed by atoms with Crippen LogP contribution in [-0.2, 0) is 32.2 Å². The Bertz CT molecular complexity index is 1630. The Balaban J connectivity index is 0.000000930. The van der Waals surface area contributed by atoms with Crippen LogP contribution in [0.25, 0.3) is 22.3 Å². The van der Waals surface area contributed by atoms with Crippen molar-refractivity contribution in [3.05, 3.63) is 82.4 Å². The number of aromatic nitrogens is 3. The van der Waals surface area contributed by atoms with Crippen LogP contribution in [0.3, 0.4) is 0 Å². The van der Waals surface area contributed by atoms with E-state index in [1.165, 1.54) is 0 Å². The molecule has 2 aromatic carbocycles. The minimum atomic E-state index is -0.250. The fourth-order valence-corrected chi connectivity index (χ4v) is 5.37. The monoisotopic (exact) mass is 649 g/mol. The van der Waals surface area contributed by atoms with Crippen LogP contribution in [0.5, 0.6) is 5.75 Å². The largest absolute Gasteiger partial charge is 0.494 e. The van der Waals surface area contributed by atoms with Crippen molar-refractivity contribution in [2.24, 2.45) is 0 Å². The van der Waals surface area contributed by atoms with Gasteiger partial charge in [-0.15, -0.1) is 0 Å². The summed E-state index contributed by atoms with van der Waals surface area (Å²) in [7, 11) is 1.55. The third kappa shape index (κ3) is 11.4. The predicted octanol–water partition coefficient (Wildman–Crippen LogP) is 3.64. The molecule has 3 heterocycles. The van der Waals surface area contributed by atoms with Gasteiger partial charge < -0.3 is 34.1 Å². The van der Waals surface area contributed by atoms with Crippen molar-refractivity contribution in [1.29, 1.82) is 0 Å². The lowest BCUT2D eigenvalue weighted by molar-refractivity contribution is -0.135. The van der Waals surface area contributed by atoms with Crippen molar-refractivity contribution in [1.82, 2.24) is 24.3 Å². The molecule has 252 valence electrons. The van der Waals surface area contributed by atoms with Crippen LogP contribution in [-0.4, -0.2) is 99.9 Å². The zero-order chi connectivity index (χ0) is 34.0. The molecule has 3 N–H and O–H groups in total. The van der Waals surface area contributed by atoms with Crippen molar-refractivity contribution in [3.63, 3.8) is 0 Å². The zero-order valence-electron chi connectivity index (χ0n) is 26.8. The highest BCUT2D eigenvalue weighted by Crippen LogP contribution is 2.23. The predicted molar refractivity (Wildman–Crippen MR) is 177 cm³/mol. The Hall–Kier alpha value is -5.01. The molecule has 13 heteroatoms. The average Bonchev–Trinajstić information content (AvgIpc) is 3.52. The molecule has 0 unspecified atom stereocenters. The first-order valence-corrected chi connectivity index (χ1v) is 15.3. The fourth-order valence-electron chi connectivity index (χ4n) is 5.37. The molecule has 47 heavy (non-hydrogen) atoms. The van der Waals surface area contributed by atoms with E-state index in [0.717, 1.165) is 78.1 Å². The number of carboxylic acid groups (broad SMARTS) is 2. The summed E-state index contributed by atoms with van der Waals surface area (Å²) in [6, 6.07) is 16.1. The van der Waals surface area contributed by atoms with Gasteiger partial charge in [-0.1, -0.05) is 24.3 Å². The van der Waals surface area contributed by atoms with E-state index >= 15 is 0 Å². The third-order valence-electron chi connectivity index (χ3n) is 7.55. The highest BCUT2D eigenvalue weighted by Gasteiger charge is 2.16. The summed E-state index contributed by atoms with van der Waals surface area (Å²) in [5.74, 6) is 1.66. The van der Waals surface area contributed by atoms with Crippen molar-refractivity contribution in [3.8, 4) is 17.1 Å². The van der Waals surface area contributed by atoms with Crippen molar-refractivity contribution < 1.29 is 34.1 Å². The average molecular weight is 650 g/mol. The van der Waals surface area contributed by atoms with Crippen molar-refractivity contribution in [2.75, 3.05) is 46.5 Å². The number of pyridine rings is 1. The number of ether oxygens (including phenoxy) is 2. The van der Waals surface area contributed by atoms with Gasteiger partial charge in [0.2, 0.25) is 5.91 Å². The Kier molecular flexibility index (Phi) is 15.1. The standard InChI is InChI=1S/C32H39N5O4.2CH2O2/c1-24-9-10-25-20-27(32(39)34-29(25)19-24)22-35-12-3-4-13-36(30(38)23-40-2)14-6-18-41-28-8-5-7-26(21-28)31-33-11-15-37(31)17-16-35;2*2-1-3/h5,7-11,15,19-21H,3-4,6,12-14,16-18,22-23H2,1-2H3,(H,34,39);2*1H,(H,2,3). The number of rotatable bonds is 4. The Labute approximate surface area is 273 Å². The number of carbonyl (C=O) groups excluding carboxylic acids is 1. The summed E-state index contributed by atoms with van der Waals surface area (Å²) in [5, 5.41) is 14.8. The molecular formula is C34H43N5O8. The first-order chi connectivity index (χ1) is 22.8. The molecule has 1 aliphatic heterocycles. The SMILES string of the molecule is COCC(=O)N1CCCCN(Cc2cc3ccc(C)cc3[nH]c2=O)CCn2ccnc2-c2cccc(c2)OCCC1.O=CO.O=CO. The number of amides is 1. The number of H-pyrrole nitrogens is 1. The number of nitrogens with one attached hydrogen (secondary N) is 1. The Morgan fingerprint density at radius 2 is 1.74 bits per heavy atom. The van der Waals surface area contributed by atoms with Crippen LogP contribution >= 0.6 is 0 Å².